The Morgan fingerprint density at radius 2 is 2.33 bits per heavy atom. The van der Waals surface area contributed by atoms with E-state index in [1.54, 1.807) is 6.20 Å². The molecule has 1 aliphatic rings. The van der Waals surface area contributed by atoms with Gasteiger partial charge in [0.05, 0.1) is 16.4 Å². The molecular formula is C13H22BrN3O. The molecule has 0 aromatic carbocycles. The lowest BCUT2D eigenvalue weighted by molar-refractivity contribution is -0.0246. The SMILES string of the molecule is CC(C)n1ncc(Br)c1C(C)(O)C1CCCNC1. The first-order valence-electron chi connectivity index (χ1n) is 6.61. The molecule has 0 saturated carbocycles. The second-order valence-electron chi connectivity index (χ2n) is 5.57. The molecule has 0 spiro atoms. The quantitative estimate of drug-likeness (QED) is 0.900. The zero-order valence-corrected chi connectivity index (χ0v) is 12.9. The fourth-order valence-electron chi connectivity index (χ4n) is 2.73. The van der Waals surface area contributed by atoms with Gasteiger partial charge < -0.3 is 10.4 Å². The molecule has 5 heteroatoms. The van der Waals surface area contributed by atoms with Crippen molar-refractivity contribution in [2.75, 3.05) is 13.1 Å². The number of rotatable bonds is 3. The number of hydrogen-bond acceptors (Lipinski definition) is 3. The van der Waals surface area contributed by atoms with Gasteiger partial charge in [-0.1, -0.05) is 0 Å². The van der Waals surface area contributed by atoms with Crippen molar-refractivity contribution >= 4 is 15.9 Å². The molecule has 1 aromatic rings. The van der Waals surface area contributed by atoms with Gasteiger partial charge in [0.2, 0.25) is 0 Å². The fraction of sp³-hybridized carbons (Fsp3) is 0.769. The van der Waals surface area contributed by atoms with Crippen molar-refractivity contribution in [1.82, 2.24) is 15.1 Å². The van der Waals surface area contributed by atoms with Gasteiger partial charge in [-0.05, 0) is 56.1 Å². The van der Waals surface area contributed by atoms with Crippen LogP contribution in [0.5, 0.6) is 0 Å². The standard InChI is InChI=1S/C13H22BrN3O/c1-9(2)17-12(11(14)8-16-17)13(3,18)10-5-4-6-15-7-10/h8-10,15,18H,4-7H2,1-3H3. The highest BCUT2D eigenvalue weighted by Crippen LogP contribution is 2.38. The van der Waals surface area contributed by atoms with Gasteiger partial charge in [0.15, 0.2) is 0 Å². The second-order valence-corrected chi connectivity index (χ2v) is 6.42. The molecule has 0 amide bonds. The molecule has 0 aliphatic carbocycles. The first-order chi connectivity index (χ1) is 8.44. The Morgan fingerprint density at radius 3 is 2.89 bits per heavy atom. The summed E-state index contributed by atoms with van der Waals surface area (Å²) in [6.07, 6.45) is 3.95. The summed E-state index contributed by atoms with van der Waals surface area (Å²) < 4.78 is 2.81. The Morgan fingerprint density at radius 1 is 1.61 bits per heavy atom. The smallest absolute Gasteiger partial charge is 0.109 e. The molecule has 0 radical (unpaired) electrons. The van der Waals surface area contributed by atoms with Crippen LogP contribution in [-0.2, 0) is 5.60 Å². The lowest BCUT2D eigenvalue weighted by Gasteiger charge is -2.37. The molecule has 1 fully saturated rings. The zero-order chi connectivity index (χ0) is 13.3. The third-order valence-corrected chi connectivity index (χ3v) is 4.39. The minimum atomic E-state index is -0.854. The summed E-state index contributed by atoms with van der Waals surface area (Å²) in [6, 6.07) is 0.245. The average molecular weight is 316 g/mol. The van der Waals surface area contributed by atoms with Crippen LogP contribution in [0.3, 0.4) is 0 Å². The van der Waals surface area contributed by atoms with Crippen LogP contribution in [0.4, 0.5) is 0 Å². The van der Waals surface area contributed by atoms with E-state index in [1.807, 2.05) is 11.6 Å². The van der Waals surface area contributed by atoms with Gasteiger partial charge in [0, 0.05) is 18.5 Å². The summed E-state index contributed by atoms with van der Waals surface area (Å²) >= 11 is 3.52. The second kappa shape index (κ2) is 5.31. The minimum absolute atomic E-state index is 0.233. The predicted molar refractivity (Wildman–Crippen MR) is 75.5 cm³/mol. The molecule has 2 heterocycles. The molecule has 1 aromatic heterocycles. The summed E-state index contributed by atoms with van der Waals surface area (Å²) in [5, 5.41) is 18.7. The van der Waals surface area contributed by atoms with Crippen molar-refractivity contribution < 1.29 is 5.11 Å². The van der Waals surface area contributed by atoms with E-state index >= 15 is 0 Å². The first kappa shape index (κ1) is 14.0. The summed E-state index contributed by atoms with van der Waals surface area (Å²) in [5.74, 6) is 0.233. The van der Waals surface area contributed by atoms with E-state index in [9.17, 15) is 5.11 Å². The number of aromatic nitrogens is 2. The van der Waals surface area contributed by atoms with Gasteiger partial charge in [0.1, 0.15) is 5.60 Å². The Hall–Kier alpha value is -0.390. The van der Waals surface area contributed by atoms with Crippen molar-refractivity contribution in [3.63, 3.8) is 0 Å². The van der Waals surface area contributed by atoms with Gasteiger partial charge in [-0.3, -0.25) is 4.68 Å². The lowest BCUT2D eigenvalue weighted by Crippen LogP contribution is -2.43. The van der Waals surface area contributed by atoms with Crippen molar-refractivity contribution in [3.8, 4) is 0 Å². The van der Waals surface area contributed by atoms with Gasteiger partial charge in [-0.25, -0.2) is 0 Å². The van der Waals surface area contributed by atoms with Crippen molar-refractivity contribution in [2.45, 2.75) is 45.3 Å². The van der Waals surface area contributed by atoms with Crippen LogP contribution in [0.25, 0.3) is 0 Å². The number of halogens is 1. The Kier molecular flexibility index (Phi) is 4.14. The maximum Gasteiger partial charge on any atom is 0.109 e. The summed E-state index contributed by atoms with van der Waals surface area (Å²) in [4.78, 5) is 0. The van der Waals surface area contributed by atoms with Gasteiger partial charge in [-0.15, -0.1) is 0 Å². The van der Waals surface area contributed by atoms with Crippen LogP contribution < -0.4 is 5.32 Å². The number of piperidine rings is 1. The molecule has 2 atom stereocenters. The number of hydrogen-bond donors (Lipinski definition) is 2. The van der Waals surface area contributed by atoms with E-state index in [4.69, 9.17) is 0 Å². The maximum absolute atomic E-state index is 11.0. The van der Waals surface area contributed by atoms with Crippen LogP contribution in [0.1, 0.15) is 45.3 Å². The fourth-order valence-corrected chi connectivity index (χ4v) is 3.41. The molecule has 102 valence electrons. The average Bonchev–Trinajstić information content (AvgIpc) is 2.73. The van der Waals surface area contributed by atoms with Crippen molar-refractivity contribution in [1.29, 1.82) is 0 Å². The number of nitrogens with one attached hydrogen (secondary N) is 1. The minimum Gasteiger partial charge on any atom is -0.383 e. The van der Waals surface area contributed by atoms with E-state index in [-0.39, 0.29) is 12.0 Å². The van der Waals surface area contributed by atoms with E-state index < -0.39 is 5.60 Å². The Bertz CT molecular complexity index is 408. The number of nitrogens with zero attached hydrogens (tertiary/aromatic N) is 2. The van der Waals surface area contributed by atoms with Gasteiger partial charge in [0.25, 0.3) is 0 Å². The molecule has 4 nitrogen and oxygen atoms in total. The highest BCUT2D eigenvalue weighted by molar-refractivity contribution is 9.10. The third kappa shape index (κ3) is 2.49. The maximum atomic E-state index is 11.0. The third-order valence-electron chi connectivity index (χ3n) is 3.81. The molecule has 1 aliphatic heterocycles. The molecule has 1 saturated heterocycles. The van der Waals surface area contributed by atoms with Gasteiger partial charge in [-0.2, -0.15) is 5.10 Å². The van der Waals surface area contributed by atoms with Crippen LogP contribution >= 0.6 is 15.9 Å². The highest BCUT2D eigenvalue weighted by atomic mass is 79.9. The molecule has 2 unspecified atom stereocenters. The predicted octanol–water partition coefficient (Wildman–Crippen LogP) is 2.43. The van der Waals surface area contributed by atoms with E-state index in [2.05, 4.69) is 40.2 Å². The molecule has 2 rings (SSSR count). The monoisotopic (exact) mass is 315 g/mol. The molecule has 2 N–H and O–H groups in total. The Balaban J connectivity index is 2.36. The van der Waals surface area contributed by atoms with Crippen LogP contribution in [-0.4, -0.2) is 28.0 Å². The largest absolute Gasteiger partial charge is 0.383 e. The topological polar surface area (TPSA) is 50.1 Å². The van der Waals surface area contributed by atoms with E-state index in [0.717, 1.165) is 36.1 Å². The van der Waals surface area contributed by atoms with E-state index in [1.165, 1.54) is 0 Å². The molecule has 0 bridgehead atoms. The molecule has 18 heavy (non-hydrogen) atoms. The van der Waals surface area contributed by atoms with Gasteiger partial charge >= 0.3 is 0 Å². The van der Waals surface area contributed by atoms with Crippen LogP contribution in [0, 0.1) is 5.92 Å². The zero-order valence-electron chi connectivity index (χ0n) is 11.3. The van der Waals surface area contributed by atoms with E-state index in [0.29, 0.717) is 0 Å². The normalized spacial score (nSPS) is 24.2. The van der Waals surface area contributed by atoms with Crippen LogP contribution in [0.15, 0.2) is 10.7 Å². The summed E-state index contributed by atoms with van der Waals surface area (Å²) in [5.41, 5.74) is 0.0405. The highest BCUT2D eigenvalue weighted by Gasteiger charge is 2.39. The summed E-state index contributed by atoms with van der Waals surface area (Å²) in [7, 11) is 0. The summed E-state index contributed by atoms with van der Waals surface area (Å²) in [6.45, 7) is 7.99. The Labute approximate surface area is 117 Å². The van der Waals surface area contributed by atoms with Crippen molar-refractivity contribution in [3.05, 3.63) is 16.4 Å². The molecular weight excluding hydrogens is 294 g/mol. The van der Waals surface area contributed by atoms with Crippen LogP contribution in [0.2, 0.25) is 0 Å². The number of aliphatic hydroxyl groups is 1. The first-order valence-corrected chi connectivity index (χ1v) is 7.40. The van der Waals surface area contributed by atoms with Crippen molar-refractivity contribution in [2.24, 2.45) is 5.92 Å². The lowest BCUT2D eigenvalue weighted by atomic mass is 9.81.